The van der Waals surface area contributed by atoms with E-state index in [1.165, 1.54) is 24.3 Å². The Balaban J connectivity index is 1.95. The van der Waals surface area contributed by atoms with Crippen LogP contribution in [0.15, 0.2) is 41.6 Å². The molecule has 8 nitrogen and oxygen atoms in total. The van der Waals surface area contributed by atoms with Crippen LogP contribution >= 0.6 is 0 Å². The van der Waals surface area contributed by atoms with Gasteiger partial charge in [-0.2, -0.15) is 5.10 Å². The average molecular weight is 430 g/mol. The van der Waals surface area contributed by atoms with E-state index >= 15 is 0 Å². The normalized spacial score (nSPS) is 11.8. The maximum atomic E-state index is 12.4. The standard InChI is InChI=1S/C18H24F2N4O4S/c1-3-23(4-2)9-10-28-18(25)14-5-7-15(8-6-14)22-29(26,27)16-11-21-24(12-16)13-17(19)20/h5-8,11-12,17,22H,3-4,9-10,13H2,1-2H3. The van der Waals surface area contributed by atoms with E-state index in [-0.39, 0.29) is 22.8 Å². The van der Waals surface area contributed by atoms with Gasteiger partial charge in [0.25, 0.3) is 16.4 Å². The number of rotatable bonds is 11. The Morgan fingerprint density at radius 1 is 1.24 bits per heavy atom. The third-order valence-corrected chi connectivity index (χ3v) is 5.49. The number of carbonyl (C=O) groups is 1. The van der Waals surface area contributed by atoms with Gasteiger partial charge < -0.3 is 9.64 Å². The molecule has 0 atom stereocenters. The summed E-state index contributed by atoms with van der Waals surface area (Å²) in [7, 11) is -3.99. The number of carbonyl (C=O) groups excluding carboxylic acids is 1. The lowest BCUT2D eigenvalue weighted by Crippen LogP contribution is -2.27. The molecule has 2 aromatic rings. The minimum Gasteiger partial charge on any atom is -0.461 e. The Kier molecular flexibility index (Phi) is 8.09. The molecule has 0 saturated carbocycles. The van der Waals surface area contributed by atoms with E-state index in [2.05, 4.69) is 14.7 Å². The summed E-state index contributed by atoms with van der Waals surface area (Å²) in [5.41, 5.74) is 0.503. The van der Waals surface area contributed by atoms with E-state index in [0.29, 0.717) is 6.54 Å². The number of hydrogen-bond donors (Lipinski definition) is 1. The Morgan fingerprint density at radius 3 is 2.48 bits per heavy atom. The first-order valence-corrected chi connectivity index (χ1v) is 10.6. The van der Waals surface area contributed by atoms with Crippen molar-refractivity contribution < 1.29 is 26.7 Å². The first-order chi connectivity index (χ1) is 13.7. The molecule has 1 heterocycles. The van der Waals surface area contributed by atoms with Gasteiger partial charge in [0.2, 0.25) is 0 Å². The van der Waals surface area contributed by atoms with Crippen LogP contribution < -0.4 is 4.72 Å². The number of nitrogens with one attached hydrogen (secondary N) is 1. The van der Waals surface area contributed by atoms with Crippen molar-refractivity contribution in [2.75, 3.05) is 31.0 Å². The first kappa shape index (κ1) is 22.8. The summed E-state index contributed by atoms with van der Waals surface area (Å²) < 4.78 is 57.8. The van der Waals surface area contributed by atoms with Crippen LogP contribution in [0, 0.1) is 0 Å². The van der Waals surface area contributed by atoms with Gasteiger partial charge in [-0.1, -0.05) is 13.8 Å². The SMILES string of the molecule is CCN(CC)CCOC(=O)c1ccc(NS(=O)(=O)c2cnn(CC(F)F)c2)cc1. The van der Waals surface area contributed by atoms with Crippen LogP contribution in [0.2, 0.25) is 0 Å². The van der Waals surface area contributed by atoms with Crippen molar-refractivity contribution in [2.24, 2.45) is 0 Å². The number of nitrogens with zero attached hydrogens (tertiary/aromatic N) is 3. The van der Waals surface area contributed by atoms with Crippen LogP contribution in [-0.2, 0) is 21.3 Å². The van der Waals surface area contributed by atoms with Crippen LogP contribution in [0.3, 0.4) is 0 Å². The number of sulfonamides is 1. The molecule has 0 unspecified atom stereocenters. The predicted molar refractivity (Wildman–Crippen MR) is 104 cm³/mol. The highest BCUT2D eigenvalue weighted by molar-refractivity contribution is 7.92. The van der Waals surface area contributed by atoms with Crippen molar-refractivity contribution >= 4 is 21.7 Å². The average Bonchev–Trinajstić information content (AvgIpc) is 3.14. The summed E-state index contributed by atoms with van der Waals surface area (Å²) in [6, 6.07) is 5.72. The summed E-state index contributed by atoms with van der Waals surface area (Å²) in [5.74, 6) is -0.500. The molecule has 29 heavy (non-hydrogen) atoms. The van der Waals surface area contributed by atoms with Crippen molar-refractivity contribution in [3.8, 4) is 0 Å². The molecule has 0 bridgehead atoms. The molecule has 0 saturated heterocycles. The fraction of sp³-hybridized carbons (Fsp3) is 0.444. The molecule has 0 aliphatic carbocycles. The van der Waals surface area contributed by atoms with Gasteiger partial charge in [-0.15, -0.1) is 0 Å². The third-order valence-electron chi connectivity index (χ3n) is 4.15. The zero-order valence-corrected chi connectivity index (χ0v) is 17.0. The highest BCUT2D eigenvalue weighted by Crippen LogP contribution is 2.17. The molecule has 0 aliphatic rings. The van der Waals surface area contributed by atoms with E-state index < -0.39 is 29.0 Å². The van der Waals surface area contributed by atoms with Crippen LogP contribution in [0.1, 0.15) is 24.2 Å². The molecule has 0 aliphatic heterocycles. The fourth-order valence-corrected chi connectivity index (χ4v) is 3.51. The van der Waals surface area contributed by atoms with Crippen molar-refractivity contribution in [3.05, 3.63) is 42.2 Å². The van der Waals surface area contributed by atoms with E-state index in [4.69, 9.17) is 4.74 Å². The largest absolute Gasteiger partial charge is 0.461 e. The second-order valence-electron chi connectivity index (χ2n) is 6.13. The van der Waals surface area contributed by atoms with Gasteiger partial charge in [-0.3, -0.25) is 9.40 Å². The van der Waals surface area contributed by atoms with Crippen molar-refractivity contribution in [1.82, 2.24) is 14.7 Å². The van der Waals surface area contributed by atoms with Crippen molar-refractivity contribution in [3.63, 3.8) is 0 Å². The van der Waals surface area contributed by atoms with Gasteiger partial charge >= 0.3 is 5.97 Å². The first-order valence-electron chi connectivity index (χ1n) is 9.08. The van der Waals surface area contributed by atoms with E-state index in [1.54, 1.807) is 0 Å². The Hall–Kier alpha value is -2.53. The molecule has 0 spiro atoms. The smallest absolute Gasteiger partial charge is 0.338 e. The summed E-state index contributed by atoms with van der Waals surface area (Å²) in [6.07, 6.45) is -0.625. The maximum absolute atomic E-state index is 12.4. The molecule has 1 N–H and O–H groups in total. The van der Waals surface area contributed by atoms with Gasteiger partial charge in [-0.25, -0.2) is 22.0 Å². The number of alkyl halides is 2. The number of aromatic nitrogens is 2. The summed E-state index contributed by atoms with van der Waals surface area (Å²) in [6.45, 7) is 5.98. The molecule has 160 valence electrons. The molecule has 11 heteroatoms. The predicted octanol–water partition coefficient (Wildman–Crippen LogP) is 2.45. The highest BCUT2D eigenvalue weighted by Gasteiger charge is 2.18. The number of esters is 1. The lowest BCUT2D eigenvalue weighted by atomic mass is 10.2. The molecule has 1 aromatic heterocycles. The van der Waals surface area contributed by atoms with Crippen molar-refractivity contribution in [1.29, 1.82) is 0 Å². The Labute approximate surface area is 168 Å². The molecular weight excluding hydrogens is 406 g/mol. The maximum Gasteiger partial charge on any atom is 0.338 e. The molecule has 0 radical (unpaired) electrons. The lowest BCUT2D eigenvalue weighted by molar-refractivity contribution is 0.0466. The van der Waals surface area contributed by atoms with Crippen molar-refractivity contribution in [2.45, 2.75) is 31.7 Å². The topological polar surface area (TPSA) is 93.5 Å². The van der Waals surface area contributed by atoms with E-state index in [9.17, 15) is 22.0 Å². The van der Waals surface area contributed by atoms with Gasteiger partial charge in [-0.05, 0) is 37.4 Å². The Bertz CT molecular complexity index is 897. The monoisotopic (exact) mass is 430 g/mol. The number of ether oxygens (including phenoxy) is 1. The van der Waals surface area contributed by atoms with Crippen LogP contribution in [0.5, 0.6) is 0 Å². The van der Waals surface area contributed by atoms with Gasteiger partial charge in [0.15, 0.2) is 0 Å². The fourth-order valence-electron chi connectivity index (χ4n) is 2.50. The van der Waals surface area contributed by atoms with Gasteiger partial charge in [0.05, 0.1) is 11.8 Å². The van der Waals surface area contributed by atoms with Crippen LogP contribution in [0.4, 0.5) is 14.5 Å². The molecular formula is C18H24F2N4O4S. The van der Waals surface area contributed by atoms with E-state index in [1.807, 2.05) is 13.8 Å². The second kappa shape index (κ2) is 10.3. The minimum absolute atomic E-state index is 0.214. The molecule has 1 aromatic carbocycles. The number of anilines is 1. The minimum atomic E-state index is -3.99. The lowest BCUT2D eigenvalue weighted by Gasteiger charge is -2.17. The highest BCUT2D eigenvalue weighted by atomic mass is 32.2. The third kappa shape index (κ3) is 6.79. The van der Waals surface area contributed by atoms with Gasteiger partial charge in [0.1, 0.15) is 18.0 Å². The summed E-state index contributed by atoms with van der Waals surface area (Å²) in [5, 5.41) is 3.61. The summed E-state index contributed by atoms with van der Waals surface area (Å²) >= 11 is 0. The quantitative estimate of drug-likeness (QED) is 0.551. The van der Waals surface area contributed by atoms with Gasteiger partial charge in [0, 0.05) is 18.4 Å². The van der Waals surface area contributed by atoms with E-state index in [0.717, 1.165) is 30.2 Å². The molecule has 0 amide bonds. The molecule has 2 rings (SSSR count). The molecule has 0 fully saturated rings. The van der Waals surface area contributed by atoms with Crippen LogP contribution in [-0.4, -0.2) is 61.7 Å². The zero-order valence-electron chi connectivity index (χ0n) is 16.2. The number of benzene rings is 1. The zero-order chi connectivity index (χ0) is 21.4. The number of likely N-dealkylation sites (N-methyl/N-ethyl adjacent to an activating group) is 1. The number of halogens is 2. The van der Waals surface area contributed by atoms with Crippen LogP contribution in [0.25, 0.3) is 0 Å². The second-order valence-corrected chi connectivity index (χ2v) is 7.82. The summed E-state index contributed by atoms with van der Waals surface area (Å²) in [4.78, 5) is 13.9. The number of hydrogen-bond acceptors (Lipinski definition) is 6. The Morgan fingerprint density at radius 2 is 1.90 bits per heavy atom.